The van der Waals surface area contributed by atoms with Gasteiger partial charge in [-0.1, -0.05) is 42.5 Å². The molecular weight excluding hydrogens is 338 g/mol. The molecule has 2 aromatic carbocycles. The number of phenols is 1. The summed E-state index contributed by atoms with van der Waals surface area (Å²) in [6.07, 6.45) is 1.21. The quantitative estimate of drug-likeness (QED) is 0.636. The van der Waals surface area contributed by atoms with Gasteiger partial charge in [-0.05, 0) is 29.7 Å². The van der Waals surface area contributed by atoms with E-state index >= 15 is 0 Å². The predicted octanol–water partition coefficient (Wildman–Crippen LogP) is 2.86. The number of amides is 1. The van der Waals surface area contributed by atoms with Crippen molar-refractivity contribution in [1.82, 2.24) is 4.90 Å². The molecule has 3 N–H and O–H groups in total. The molecule has 0 bridgehead atoms. The van der Waals surface area contributed by atoms with Gasteiger partial charge in [-0.2, -0.15) is 0 Å². The van der Waals surface area contributed by atoms with Gasteiger partial charge < -0.3 is 15.7 Å². The minimum atomic E-state index is -0.144. The smallest absolute Gasteiger partial charge is 0.223 e. The van der Waals surface area contributed by atoms with Crippen LogP contribution in [0.3, 0.4) is 0 Å². The van der Waals surface area contributed by atoms with Crippen LogP contribution < -0.4 is 5.73 Å². The molecule has 0 radical (unpaired) electrons. The van der Waals surface area contributed by atoms with Crippen LogP contribution in [0.15, 0.2) is 59.6 Å². The molecule has 6 heteroatoms. The number of phenolic OH excluding ortho intramolecular Hbond substituents is 1. The van der Waals surface area contributed by atoms with Crippen LogP contribution in [-0.2, 0) is 17.9 Å². The Balaban J connectivity index is 0.00000225. The molecule has 1 aliphatic heterocycles. The number of aliphatic imine (C=N–C) groups is 1. The Morgan fingerprint density at radius 1 is 1.12 bits per heavy atom. The van der Waals surface area contributed by atoms with Crippen LogP contribution in [0.4, 0.5) is 0 Å². The van der Waals surface area contributed by atoms with Crippen LogP contribution in [0.5, 0.6) is 5.75 Å². The Labute approximate surface area is 153 Å². The second kappa shape index (κ2) is 8.53. The predicted molar refractivity (Wildman–Crippen MR) is 101 cm³/mol. The van der Waals surface area contributed by atoms with E-state index in [1.807, 2.05) is 47.4 Å². The molecule has 1 amide bonds. The van der Waals surface area contributed by atoms with Crippen molar-refractivity contribution in [2.75, 3.05) is 0 Å². The summed E-state index contributed by atoms with van der Waals surface area (Å²) in [6.45, 7) is 0.996. The number of carbonyl (C=O) groups is 1. The second-order valence-corrected chi connectivity index (χ2v) is 5.97. The maximum Gasteiger partial charge on any atom is 0.223 e. The van der Waals surface area contributed by atoms with Crippen molar-refractivity contribution in [2.24, 2.45) is 10.7 Å². The average Bonchev–Trinajstić information content (AvgIpc) is 2.96. The van der Waals surface area contributed by atoms with Crippen molar-refractivity contribution >= 4 is 24.1 Å². The standard InChI is InChI=1S/C19H21N3O2.ClH/c20-19(21-12-14-6-8-16(23)9-7-14)17-10-11-18(24)22(17)13-15-4-2-1-3-5-15;/h1-9,17,23H,10-13H2,(H2,20,21);1H/t17-;/m0./s1. The van der Waals surface area contributed by atoms with Gasteiger partial charge in [0.15, 0.2) is 0 Å². The molecule has 0 aromatic heterocycles. The highest BCUT2D eigenvalue weighted by Gasteiger charge is 2.33. The van der Waals surface area contributed by atoms with Crippen molar-refractivity contribution in [1.29, 1.82) is 0 Å². The number of amidine groups is 1. The topological polar surface area (TPSA) is 78.9 Å². The van der Waals surface area contributed by atoms with Crippen molar-refractivity contribution in [3.63, 3.8) is 0 Å². The lowest BCUT2D eigenvalue weighted by Crippen LogP contribution is -2.42. The Bertz CT molecular complexity index is 732. The Morgan fingerprint density at radius 2 is 1.80 bits per heavy atom. The van der Waals surface area contributed by atoms with E-state index in [2.05, 4.69) is 4.99 Å². The van der Waals surface area contributed by atoms with Gasteiger partial charge in [0.1, 0.15) is 11.6 Å². The van der Waals surface area contributed by atoms with E-state index in [0.29, 0.717) is 31.8 Å². The fourth-order valence-corrected chi connectivity index (χ4v) is 2.91. The van der Waals surface area contributed by atoms with Gasteiger partial charge in [0.2, 0.25) is 5.91 Å². The van der Waals surface area contributed by atoms with Crippen molar-refractivity contribution in [3.05, 3.63) is 65.7 Å². The second-order valence-electron chi connectivity index (χ2n) is 5.97. The first-order chi connectivity index (χ1) is 11.6. The van der Waals surface area contributed by atoms with Crippen LogP contribution in [-0.4, -0.2) is 27.8 Å². The van der Waals surface area contributed by atoms with Gasteiger partial charge in [-0.25, -0.2) is 0 Å². The number of carbonyl (C=O) groups excluding carboxylic acids is 1. The summed E-state index contributed by atoms with van der Waals surface area (Å²) in [5.74, 6) is 0.836. The molecular formula is C19H22ClN3O2. The first-order valence-electron chi connectivity index (χ1n) is 8.04. The maximum atomic E-state index is 12.2. The fraction of sp³-hybridized carbons (Fsp3) is 0.263. The molecule has 132 valence electrons. The molecule has 0 aliphatic carbocycles. The van der Waals surface area contributed by atoms with Gasteiger partial charge in [0.05, 0.1) is 12.6 Å². The zero-order valence-corrected chi connectivity index (χ0v) is 14.7. The number of aromatic hydroxyl groups is 1. The summed E-state index contributed by atoms with van der Waals surface area (Å²) < 4.78 is 0. The summed E-state index contributed by atoms with van der Waals surface area (Å²) in [5.41, 5.74) is 8.22. The molecule has 5 nitrogen and oxygen atoms in total. The molecule has 1 aliphatic rings. The lowest BCUT2D eigenvalue weighted by molar-refractivity contribution is -0.128. The average molecular weight is 360 g/mol. The summed E-state index contributed by atoms with van der Waals surface area (Å²) in [7, 11) is 0. The number of rotatable bonds is 5. The number of likely N-dealkylation sites (tertiary alicyclic amines) is 1. The summed E-state index contributed by atoms with van der Waals surface area (Å²) in [5, 5.41) is 9.31. The normalized spacial score (nSPS) is 17.4. The number of nitrogens with zero attached hydrogens (tertiary/aromatic N) is 2. The molecule has 0 unspecified atom stereocenters. The molecule has 3 rings (SSSR count). The first-order valence-corrected chi connectivity index (χ1v) is 8.04. The van der Waals surface area contributed by atoms with E-state index < -0.39 is 0 Å². The van der Waals surface area contributed by atoms with Gasteiger partial charge in [0, 0.05) is 13.0 Å². The zero-order chi connectivity index (χ0) is 16.9. The van der Waals surface area contributed by atoms with Crippen LogP contribution in [0.25, 0.3) is 0 Å². The number of hydrogen-bond acceptors (Lipinski definition) is 3. The molecule has 1 saturated heterocycles. The largest absolute Gasteiger partial charge is 0.508 e. The van der Waals surface area contributed by atoms with Gasteiger partial charge in [0.25, 0.3) is 0 Å². The molecule has 0 saturated carbocycles. The van der Waals surface area contributed by atoms with Crippen molar-refractivity contribution in [2.45, 2.75) is 32.0 Å². The number of hydrogen-bond donors (Lipinski definition) is 2. The van der Waals surface area contributed by atoms with Crippen molar-refractivity contribution in [3.8, 4) is 5.75 Å². The van der Waals surface area contributed by atoms with Crippen LogP contribution in [0.2, 0.25) is 0 Å². The third-order valence-corrected chi connectivity index (χ3v) is 4.25. The molecule has 0 spiro atoms. The zero-order valence-electron chi connectivity index (χ0n) is 13.8. The third kappa shape index (κ3) is 4.73. The van der Waals surface area contributed by atoms with Crippen LogP contribution >= 0.6 is 12.4 Å². The number of nitrogens with two attached hydrogens (primary N) is 1. The Hall–Kier alpha value is -2.53. The molecule has 1 fully saturated rings. The summed E-state index contributed by atoms with van der Waals surface area (Å²) in [6, 6.07) is 16.6. The monoisotopic (exact) mass is 359 g/mol. The minimum absolute atomic E-state index is 0. The molecule has 1 atom stereocenters. The van der Waals surface area contributed by atoms with E-state index in [9.17, 15) is 9.90 Å². The maximum absolute atomic E-state index is 12.2. The van der Waals surface area contributed by atoms with E-state index in [4.69, 9.17) is 5.73 Å². The van der Waals surface area contributed by atoms with E-state index in [1.54, 1.807) is 12.1 Å². The fourth-order valence-electron chi connectivity index (χ4n) is 2.91. The molecule has 25 heavy (non-hydrogen) atoms. The SMILES string of the molecule is Cl.NC(=NCc1ccc(O)cc1)[C@@H]1CCC(=O)N1Cc1ccccc1. The molecule has 1 heterocycles. The summed E-state index contributed by atoms with van der Waals surface area (Å²) >= 11 is 0. The lowest BCUT2D eigenvalue weighted by Gasteiger charge is -2.24. The van der Waals surface area contributed by atoms with Crippen LogP contribution in [0.1, 0.15) is 24.0 Å². The molecule has 2 aromatic rings. The Kier molecular flexibility index (Phi) is 6.42. The van der Waals surface area contributed by atoms with Gasteiger partial charge >= 0.3 is 0 Å². The Morgan fingerprint density at radius 3 is 2.48 bits per heavy atom. The first kappa shape index (κ1) is 18.8. The third-order valence-electron chi connectivity index (χ3n) is 4.25. The van der Waals surface area contributed by atoms with Gasteiger partial charge in [-0.3, -0.25) is 9.79 Å². The highest BCUT2D eigenvalue weighted by molar-refractivity contribution is 5.93. The van der Waals surface area contributed by atoms with E-state index in [1.165, 1.54) is 0 Å². The van der Waals surface area contributed by atoms with E-state index in [0.717, 1.165) is 11.1 Å². The summed E-state index contributed by atoms with van der Waals surface area (Å²) in [4.78, 5) is 18.5. The van der Waals surface area contributed by atoms with Gasteiger partial charge in [-0.15, -0.1) is 12.4 Å². The minimum Gasteiger partial charge on any atom is -0.508 e. The number of halogens is 1. The highest BCUT2D eigenvalue weighted by Crippen LogP contribution is 2.22. The highest BCUT2D eigenvalue weighted by atomic mass is 35.5. The number of benzene rings is 2. The lowest BCUT2D eigenvalue weighted by atomic mass is 10.1. The van der Waals surface area contributed by atoms with Crippen molar-refractivity contribution < 1.29 is 9.90 Å². The van der Waals surface area contributed by atoms with Crippen LogP contribution in [0, 0.1) is 0 Å². The van der Waals surface area contributed by atoms with E-state index in [-0.39, 0.29) is 30.1 Å².